The molecule has 1 heterocycles. The Morgan fingerprint density at radius 2 is 1.00 bits per heavy atom. The number of carbonyl (C=O) groups excluding carboxylic acids is 2. The molecule has 1 aliphatic heterocycles. The quantitative estimate of drug-likeness (QED) is 0.0555. The van der Waals surface area contributed by atoms with E-state index in [2.05, 4.69) is 0 Å². The van der Waals surface area contributed by atoms with Crippen LogP contribution in [-0.2, 0) is 0 Å². The van der Waals surface area contributed by atoms with Crippen molar-refractivity contribution in [2.75, 3.05) is 6.61 Å². The predicted octanol–water partition coefficient (Wildman–Crippen LogP) is 6.74. The SMILES string of the molecule is O=C1c2c(O)cc(O)cc2OCC1C(C(=O)c1c(O)cc(O)c(C(c2ccc(O)cc2)c2ccc(O)cc2)c1O)C(c1ccc(O)cc1)c1ccc(O)cc1. The van der Waals surface area contributed by atoms with E-state index in [0.29, 0.717) is 22.3 Å². The summed E-state index contributed by atoms with van der Waals surface area (Å²) in [4.78, 5) is 29.8. The number of phenols is 9. The van der Waals surface area contributed by atoms with E-state index in [1.54, 1.807) is 0 Å². The lowest BCUT2D eigenvalue weighted by atomic mass is 9.68. The Morgan fingerprint density at radius 1 is 0.545 bits per heavy atom. The van der Waals surface area contributed by atoms with Crippen molar-refractivity contribution in [1.82, 2.24) is 0 Å². The topological polar surface area (TPSA) is 225 Å². The van der Waals surface area contributed by atoms with Gasteiger partial charge in [0.05, 0.1) is 12.5 Å². The molecule has 0 saturated carbocycles. The number of phenolic OH excluding ortho intramolecular Hbond substituents is 9. The van der Waals surface area contributed by atoms with Gasteiger partial charge in [0.25, 0.3) is 0 Å². The highest BCUT2D eigenvalue weighted by Gasteiger charge is 2.47. The van der Waals surface area contributed by atoms with Gasteiger partial charge in [-0.15, -0.1) is 0 Å². The van der Waals surface area contributed by atoms with Crippen molar-refractivity contribution in [3.63, 3.8) is 0 Å². The van der Waals surface area contributed by atoms with Gasteiger partial charge in [0.2, 0.25) is 0 Å². The largest absolute Gasteiger partial charge is 0.508 e. The molecule has 9 N–H and O–H groups in total. The van der Waals surface area contributed by atoms with Crippen LogP contribution < -0.4 is 4.74 Å². The second kappa shape index (κ2) is 14.2. The molecule has 0 aliphatic carbocycles. The van der Waals surface area contributed by atoms with Crippen molar-refractivity contribution >= 4 is 11.6 Å². The van der Waals surface area contributed by atoms with E-state index in [1.807, 2.05) is 0 Å². The molecule has 12 nitrogen and oxygen atoms in total. The first-order valence-corrected chi connectivity index (χ1v) is 17.0. The fraction of sp³-hybridized carbons (Fsp3) is 0.116. The molecule has 1 aliphatic rings. The standard InChI is InChI=1S/C43H34O12/c44-25-9-1-21(2-10-25)35(22-3-11-26(45)12-4-22)37(30-20-55-34-18-29(48)17-31(49)38(34)41(30)52)42(53)40-33(51)19-32(50)39(43(40)54)36(23-5-13-27(46)14-6-23)24-7-15-28(47)16-8-24/h1-19,30,35-37,44-51,54H,20H2. The fourth-order valence-corrected chi connectivity index (χ4v) is 7.40. The number of carbonyl (C=O) groups is 2. The molecule has 0 fully saturated rings. The molecular weight excluding hydrogens is 708 g/mol. The van der Waals surface area contributed by atoms with Gasteiger partial charge >= 0.3 is 0 Å². The highest BCUT2D eigenvalue weighted by atomic mass is 16.5. The summed E-state index contributed by atoms with van der Waals surface area (Å²) in [5, 5.41) is 96.4. The number of hydrogen-bond acceptors (Lipinski definition) is 12. The summed E-state index contributed by atoms with van der Waals surface area (Å²) >= 11 is 0. The average Bonchev–Trinajstić information content (AvgIpc) is 3.14. The summed E-state index contributed by atoms with van der Waals surface area (Å²) in [6, 6.07) is 26.3. The van der Waals surface area contributed by atoms with Crippen LogP contribution in [0.2, 0.25) is 0 Å². The van der Waals surface area contributed by atoms with Crippen molar-refractivity contribution < 1.29 is 60.3 Å². The van der Waals surface area contributed by atoms with Crippen LogP contribution in [0.5, 0.6) is 57.5 Å². The van der Waals surface area contributed by atoms with E-state index in [4.69, 9.17) is 4.74 Å². The molecule has 2 atom stereocenters. The van der Waals surface area contributed by atoms with Gasteiger partial charge in [-0.05, 0) is 70.8 Å². The molecule has 0 spiro atoms. The number of aromatic hydroxyl groups is 9. The molecule has 6 aromatic rings. The lowest BCUT2D eigenvalue weighted by molar-refractivity contribution is 0.0637. The minimum absolute atomic E-state index is 0.0669. The van der Waals surface area contributed by atoms with Gasteiger partial charge in [-0.2, -0.15) is 0 Å². The number of Topliss-reactive ketones (excluding diaryl/α,β-unsaturated/α-hetero) is 2. The Balaban J connectivity index is 1.47. The van der Waals surface area contributed by atoms with Gasteiger partial charge in [0.15, 0.2) is 11.6 Å². The third kappa shape index (κ3) is 6.72. The van der Waals surface area contributed by atoms with Crippen LogP contribution in [0, 0.1) is 11.8 Å². The zero-order valence-corrected chi connectivity index (χ0v) is 28.7. The second-order valence-electron chi connectivity index (χ2n) is 13.3. The molecule has 2 unspecified atom stereocenters. The third-order valence-electron chi connectivity index (χ3n) is 9.95. The van der Waals surface area contributed by atoms with E-state index in [0.717, 1.165) is 18.2 Å². The minimum atomic E-state index is -1.54. The number of rotatable bonds is 9. The number of fused-ring (bicyclic) bond motifs is 1. The summed E-state index contributed by atoms with van der Waals surface area (Å²) in [6.07, 6.45) is 0. The normalized spacial score (nSPS) is 14.4. The van der Waals surface area contributed by atoms with E-state index < -0.39 is 70.4 Å². The Hall–Kier alpha value is -7.34. The smallest absolute Gasteiger partial charge is 0.177 e. The molecule has 0 radical (unpaired) electrons. The molecule has 278 valence electrons. The summed E-state index contributed by atoms with van der Waals surface area (Å²) in [7, 11) is 0. The van der Waals surface area contributed by atoms with Crippen LogP contribution in [0.3, 0.4) is 0 Å². The predicted molar refractivity (Wildman–Crippen MR) is 198 cm³/mol. The first kappa shape index (κ1) is 36.0. The monoisotopic (exact) mass is 742 g/mol. The summed E-state index contributed by atoms with van der Waals surface area (Å²) in [5.41, 5.74) is 0.502. The van der Waals surface area contributed by atoms with Crippen molar-refractivity contribution in [3.8, 4) is 57.5 Å². The van der Waals surface area contributed by atoms with Gasteiger partial charge in [0, 0.05) is 41.5 Å². The summed E-state index contributed by atoms with van der Waals surface area (Å²) in [5.74, 6) is -10.5. The zero-order chi connectivity index (χ0) is 39.1. The lowest BCUT2D eigenvalue weighted by Crippen LogP contribution is -2.41. The molecule has 55 heavy (non-hydrogen) atoms. The van der Waals surface area contributed by atoms with E-state index in [9.17, 15) is 50.8 Å². The van der Waals surface area contributed by atoms with Crippen LogP contribution >= 0.6 is 0 Å². The molecule has 0 saturated heterocycles. The van der Waals surface area contributed by atoms with E-state index in [-0.39, 0.29) is 45.6 Å². The van der Waals surface area contributed by atoms with Gasteiger partial charge in [-0.1, -0.05) is 48.5 Å². The maximum atomic E-state index is 15.4. The molecule has 12 heteroatoms. The van der Waals surface area contributed by atoms with E-state index >= 15 is 4.79 Å². The van der Waals surface area contributed by atoms with Gasteiger partial charge in [-0.25, -0.2) is 0 Å². The molecule has 6 aromatic carbocycles. The number of benzene rings is 6. The van der Waals surface area contributed by atoms with Crippen LogP contribution in [0.1, 0.15) is 60.4 Å². The van der Waals surface area contributed by atoms with Crippen molar-refractivity contribution in [2.45, 2.75) is 11.8 Å². The molecule has 0 aromatic heterocycles. The number of ketones is 2. The van der Waals surface area contributed by atoms with Crippen LogP contribution in [0.4, 0.5) is 0 Å². The Morgan fingerprint density at radius 3 is 1.47 bits per heavy atom. The van der Waals surface area contributed by atoms with Gasteiger partial charge in [0.1, 0.15) is 68.6 Å². The van der Waals surface area contributed by atoms with Crippen LogP contribution in [-0.4, -0.2) is 64.1 Å². The Labute approximate surface area is 313 Å². The Kier molecular flexibility index (Phi) is 9.33. The van der Waals surface area contributed by atoms with Crippen molar-refractivity contribution in [1.29, 1.82) is 0 Å². The lowest BCUT2D eigenvalue weighted by Gasteiger charge is -2.36. The highest BCUT2D eigenvalue weighted by molar-refractivity contribution is 6.10. The highest BCUT2D eigenvalue weighted by Crippen LogP contribution is 2.51. The zero-order valence-electron chi connectivity index (χ0n) is 28.7. The minimum Gasteiger partial charge on any atom is -0.508 e. The number of hydrogen-bond donors (Lipinski definition) is 9. The second-order valence-corrected chi connectivity index (χ2v) is 13.3. The Bertz CT molecular complexity index is 2310. The number of ether oxygens (including phenoxy) is 1. The first-order chi connectivity index (χ1) is 26.3. The van der Waals surface area contributed by atoms with Crippen molar-refractivity contribution in [2.24, 2.45) is 11.8 Å². The third-order valence-corrected chi connectivity index (χ3v) is 9.95. The molecule has 0 bridgehead atoms. The molecular formula is C43H34O12. The molecule has 7 rings (SSSR count). The molecule has 0 amide bonds. The first-order valence-electron chi connectivity index (χ1n) is 17.0. The maximum absolute atomic E-state index is 15.4. The summed E-state index contributed by atoms with van der Waals surface area (Å²) < 4.78 is 5.89. The maximum Gasteiger partial charge on any atom is 0.177 e. The summed E-state index contributed by atoms with van der Waals surface area (Å²) in [6.45, 7) is -0.450. The van der Waals surface area contributed by atoms with Gasteiger partial charge < -0.3 is 50.7 Å². The van der Waals surface area contributed by atoms with Crippen molar-refractivity contribution in [3.05, 3.63) is 154 Å². The fourth-order valence-electron chi connectivity index (χ4n) is 7.40. The van der Waals surface area contributed by atoms with E-state index in [1.165, 1.54) is 97.1 Å². The van der Waals surface area contributed by atoms with Gasteiger partial charge in [-0.3, -0.25) is 9.59 Å². The van der Waals surface area contributed by atoms with Crippen LogP contribution in [0.15, 0.2) is 115 Å². The average molecular weight is 743 g/mol. The van der Waals surface area contributed by atoms with Crippen LogP contribution in [0.25, 0.3) is 0 Å².